The smallest absolute Gasteiger partial charge is 0.184 e. The van der Waals surface area contributed by atoms with Gasteiger partial charge in [-0.15, -0.1) is 0 Å². The van der Waals surface area contributed by atoms with E-state index in [2.05, 4.69) is 11.9 Å². The van der Waals surface area contributed by atoms with Crippen LogP contribution in [0, 0.1) is 5.92 Å². The molecule has 0 aliphatic heterocycles. The van der Waals surface area contributed by atoms with Crippen LogP contribution in [0.1, 0.15) is 42.2 Å². The van der Waals surface area contributed by atoms with Crippen molar-refractivity contribution >= 4 is 5.78 Å². The number of fused-ring (bicyclic) bond motifs is 1. The summed E-state index contributed by atoms with van der Waals surface area (Å²) in [7, 11) is 0. The number of aryl methyl sites for hydroxylation is 1. The average Bonchev–Trinajstić information content (AvgIpc) is 2.23. The molecule has 0 radical (unpaired) electrons. The summed E-state index contributed by atoms with van der Waals surface area (Å²) < 4.78 is 0. The molecule has 0 aromatic carbocycles. The van der Waals surface area contributed by atoms with Crippen LogP contribution in [0.3, 0.4) is 0 Å². The maximum Gasteiger partial charge on any atom is 0.184 e. The largest absolute Gasteiger partial charge is 0.292 e. The van der Waals surface area contributed by atoms with E-state index in [1.165, 1.54) is 0 Å². The molecule has 1 atom stereocenters. The Hall–Kier alpha value is -1.18. The van der Waals surface area contributed by atoms with Crippen LogP contribution < -0.4 is 0 Å². The fraction of sp³-hybridized carbons (Fsp3) is 0.500. The molecule has 0 bridgehead atoms. The van der Waals surface area contributed by atoms with Gasteiger partial charge in [0.25, 0.3) is 0 Å². The van der Waals surface area contributed by atoms with E-state index in [9.17, 15) is 4.79 Å². The van der Waals surface area contributed by atoms with Crippen molar-refractivity contribution in [3.05, 3.63) is 29.6 Å². The second-order valence-electron chi connectivity index (χ2n) is 3.90. The minimum atomic E-state index is 0.224. The first-order valence-corrected chi connectivity index (χ1v) is 5.31. The quantitative estimate of drug-likeness (QED) is 0.715. The summed E-state index contributed by atoms with van der Waals surface area (Å²) in [5, 5.41) is 0. The third kappa shape index (κ3) is 1.57. The van der Waals surface area contributed by atoms with Crippen LogP contribution in [-0.2, 0) is 6.42 Å². The van der Waals surface area contributed by atoms with Gasteiger partial charge in [-0.1, -0.05) is 19.4 Å². The monoisotopic (exact) mass is 189 g/mol. The number of Topliss-reactive ketones (excluding diaryl/α,β-unsaturated/α-hetero) is 1. The molecule has 2 rings (SSSR count). The Morgan fingerprint density at radius 3 is 3.21 bits per heavy atom. The Balaban J connectivity index is 2.27. The molecule has 2 nitrogen and oxygen atoms in total. The van der Waals surface area contributed by atoms with E-state index in [0.29, 0.717) is 0 Å². The van der Waals surface area contributed by atoms with Gasteiger partial charge >= 0.3 is 0 Å². The van der Waals surface area contributed by atoms with Gasteiger partial charge < -0.3 is 0 Å². The van der Waals surface area contributed by atoms with Crippen LogP contribution in [0.2, 0.25) is 0 Å². The van der Waals surface area contributed by atoms with E-state index in [1.807, 2.05) is 12.1 Å². The topological polar surface area (TPSA) is 30.0 Å². The Morgan fingerprint density at radius 1 is 1.57 bits per heavy atom. The lowest BCUT2D eigenvalue weighted by Crippen LogP contribution is -2.23. The van der Waals surface area contributed by atoms with Crippen molar-refractivity contribution in [3.63, 3.8) is 0 Å². The van der Waals surface area contributed by atoms with Crippen molar-refractivity contribution in [1.82, 2.24) is 4.98 Å². The fourth-order valence-corrected chi connectivity index (χ4v) is 2.14. The molecule has 0 spiro atoms. The van der Waals surface area contributed by atoms with E-state index in [-0.39, 0.29) is 11.7 Å². The number of carbonyl (C=O) groups is 1. The van der Waals surface area contributed by atoms with Gasteiger partial charge in [-0.25, -0.2) is 0 Å². The Bertz CT molecular complexity index is 346. The molecule has 1 aliphatic carbocycles. The van der Waals surface area contributed by atoms with E-state index < -0.39 is 0 Å². The van der Waals surface area contributed by atoms with Crippen LogP contribution in [0.5, 0.6) is 0 Å². The summed E-state index contributed by atoms with van der Waals surface area (Å²) in [4.78, 5) is 16.1. The van der Waals surface area contributed by atoms with Gasteiger partial charge in [0.05, 0.1) is 0 Å². The van der Waals surface area contributed by atoms with Crippen molar-refractivity contribution in [1.29, 1.82) is 0 Å². The number of rotatable bonds is 2. The molecule has 2 heteroatoms. The van der Waals surface area contributed by atoms with Crippen molar-refractivity contribution < 1.29 is 4.79 Å². The van der Waals surface area contributed by atoms with Gasteiger partial charge in [0.2, 0.25) is 0 Å². The average molecular weight is 189 g/mol. The molecule has 0 amide bonds. The van der Waals surface area contributed by atoms with E-state index >= 15 is 0 Å². The molecule has 0 saturated carbocycles. The third-order valence-corrected chi connectivity index (χ3v) is 2.89. The van der Waals surface area contributed by atoms with Gasteiger partial charge in [-0.05, 0) is 30.9 Å². The lowest BCUT2D eigenvalue weighted by atomic mass is 9.83. The molecule has 1 aromatic rings. The summed E-state index contributed by atoms with van der Waals surface area (Å²) in [5.41, 5.74) is 1.85. The minimum Gasteiger partial charge on any atom is -0.292 e. The van der Waals surface area contributed by atoms with E-state index in [4.69, 9.17) is 0 Å². The van der Waals surface area contributed by atoms with Crippen LogP contribution >= 0.6 is 0 Å². The van der Waals surface area contributed by atoms with Gasteiger partial charge in [-0.3, -0.25) is 9.78 Å². The Morgan fingerprint density at radius 2 is 2.43 bits per heavy atom. The highest BCUT2D eigenvalue weighted by atomic mass is 16.1. The number of pyridine rings is 1. The first kappa shape index (κ1) is 9.38. The molecule has 0 fully saturated rings. The Labute approximate surface area is 84.4 Å². The maximum atomic E-state index is 11.9. The summed E-state index contributed by atoms with van der Waals surface area (Å²) in [5.74, 6) is 0.482. The molecular weight excluding hydrogens is 174 g/mol. The molecule has 74 valence electrons. The van der Waals surface area contributed by atoms with Crippen LogP contribution in [0.15, 0.2) is 18.3 Å². The highest BCUT2D eigenvalue weighted by Crippen LogP contribution is 2.26. The zero-order valence-electron chi connectivity index (χ0n) is 8.49. The molecule has 0 N–H and O–H groups in total. The second-order valence-corrected chi connectivity index (χ2v) is 3.90. The summed E-state index contributed by atoms with van der Waals surface area (Å²) >= 11 is 0. The van der Waals surface area contributed by atoms with Crippen molar-refractivity contribution in [2.24, 2.45) is 5.92 Å². The highest BCUT2D eigenvalue weighted by Gasteiger charge is 2.27. The number of carbonyl (C=O) groups excluding carboxylic acids is 1. The number of hydrogen-bond acceptors (Lipinski definition) is 2. The SMILES string of the molecule is CCCC1CCc2cccnc2C1=O. The number of aromatic nitrogens is 1. The maximum absolute atomic E-state index is 11.9. The zero-order valence-corrected chi connectivity index (χ0v) is 8.49. The number of ketones is 1. The molecular formula is C12H15NO. The van der Waals surface area contributed by atoms with Crippen LogP contribution in [0.4, 0.5) is 0 Å². The molecule has 14 heavy (non-hydrogen) atoms. The standard InChI is InChI=1S/C12H15NO/c1-2-4-10-7-6-9-5-3-8-13-11(9)12(10)14/h3,5,8,10H,2,4,6-7H2,1H3. The lowest BCUT2D eigenvalue weighted by Gasteiger charge is -2.21. The first-order valence-electron chi connectivity index (χ1n) is 5.31. The van der Waals surface area contributed by atoms with Crippen molar-refractivity contribution in [2.75, 3.05) is 0 Å². The normalized spacial score (nSPS) is 20.6. The molecule has 0 saturated heterocycles. The molecule has 1 aliphatic rings. The first-order chi connectivity index (χ1) is 6.83. The van der Waals surface area contributed by atoms with E-state index in [1.54, 1.807) is 6.20 Å². The van der Waals surface area contributed by atoms with Crippen LogP contribution in [0.25, 0.3) is 0 Å². The lowest BCUT2D eigenvalue weighted by molar-refractivity contribution is 0.0888. The number of hydrogen-bond donors (Lipinski definition) is 0. The van der Waals surface area contributed by atoms with Crippen molar-refractivity contribution in [2.45, 2.75) is 32.6 Å². The predicted octanol–water partition coefficient (Wildman–Crippen LogP) is 2.63. The van der Waals surface area contributed by atoms with Gasteiger partial charge in [-0.2, -0.15) is 0 Å². The molecule has 1 aromatic heterocycles. The minimum absolute atomic E-state index is 0.224. The van der Waals surface area contributed by atoms with Gasteiger partial charge in [0.15, 0.2) is 5.78 Å². The van der Waals surface area contributed by atoms with Gasteiger partial charge in [0, 0.05) is 12.1 Å². The van der Waals surface area contributed by atoms with Gasteiger partial charge in [0.1, 0.15) is 5.69 Å². The van der Waals surface area contributed by atoms with Crippen molar-refractivity contribution in [3.8, 4) is 0 Å². The zero-order chi connectivity index (χ0) is 9.97. The van der Waals surface area contributed by atoms with E-state index in [0.717, 1.165) is 36.9 Å². The second kappa shape index (κ2) is 3.91. The highest BCUT2D eigenvalue weighted by molar-refractivity contribution is 5.98. The molecule has 1 heterocycles. The third-order valence-electron chi connectivity index (χ3n) is 2.89. The van der Waals surface area contributed by atoms with Crippen LogP contribution in [-0.4, -0.2) is 10.8 Å². The Kier molecular flexibility index (Phi) is 2.62. The predicted molar refractivity (Wildman–Crippen MR) is 55.3 cm³/mol. The summed E-state index contributed by atoms with van der Waals surface area (Å²) in [6.45, 7) is 2.13. The fourth-order valence-electron chi connectivity index (χ4n) is 2.14. The summed E-state index contributed by atoms with van der Waals surface area (Å²) in [6, 6.07) is 3.93. The number of nitrogens with zero attached hydrogens (tertiary/aromatic N) is 1. The molecule has 1 unspecified atom stereocenters. The summed E-state index contributed by atoms with van der Waals surface area (Å²) in [6.07, 6.45) is 5.82.